The van der Waals surface area contributed by atoms with Gasteiger partial charge in [-0.3, -0.25) is 0 Å². The normalized spacial score (nSPS) is 44.4. The Morgan fingerprint density at radius 3 is 2.36 bits per heavy atom. The third kappa shape index (κ3) is 2.10. The maximum atomic E-state index is 5.84. The summed E-state index contributed by atoms with van der Waals surface area (Å²) in [7, 11) is 5.96. The van der Waals surface area contributed by atoms with Crippen LogP contribution in [0.2, 0.25) is 0 Å². The van der Waals surface area contributed by atoms with Crippen molar-refractivity contribution in [3.63, 3.8) is 0 Å². The molecule has 0 bridgehead atoms. The number of methoxy groups -OCH3 is 1. The molecule has 0 aromatic carbocycles. The van der Waals surface area contributed by atoms with Crippen molar-refractivity contribution in [1.29, 1.82) is 0 Å². The first-order valence-electron chi connectivity index (χ1n) is 5.27. The highest BCUT2D eigenvalue weighted by Gasteiger charge is 2.45. The van der Waals surface area contributed by atoms with Gasteiger partial charge in [-0.05, 0) is 34.9 Å². The Hall–Kier alpha value is -0.120. The molecular weight excluding hydrogens is 178 g/mol. The minimum absolute atomic E-state index is 0.0966. The van der Waals surface area contributed by atoms with E-state index in [1.807, 2.05) is 0 Å². The van der Waals surface area contributed by atoms with Crippen LogP contribution < -0.4 is 0 Å². The van der Waals surface area contributed by atoms with Crippen molar-refractivity contribution in [2.75, 3.05) is 21.2 Å². The van der Waals surface area contributed by atoms with E-state index in [-0.39, 0.29) is 17.8 Å². The Labute approximate surface area is 87.4 Å². The highest BCUT2D eigenvalue weighted by atomic mass is 16.5. The van der Waals surface area contributed by atoms with Crippen LogP contribution in [-0.4, -0.2) is 50.0 Å². The van der Waals surface area contributed by atoms with Crippen LogP contribution in [0.25, 0.3) is 0 Å². The summed E-state index contributed by atoms with van der Waals surface area (Å²) >= 11 is 0. The van der Waals surface area contributed by atoms with Crippen LogP contribution in [0, 0.1) is 0 Å². The Kier molecular flexibility index (Phi) is 3.56. The molecule has 3 heteroatoms. The van der Waals surface area contributed by atoms with Gasteiger partial charge in [0.15, 0.2) is 0 Å². The molecule has 1 saturated heterocycles. The third-order valence-electron chi connectivity index (χ3n) is 3.23. The van der Waals surface area contributed by atoms with Gasteiger partial charge in [-0.1, -0.05) is 0 Å². The van der Waals surface area contributed by atoms with Gasteiger partial charge in [-0.15, -0.1) is 0 Å². The van der Waals surface area contributed by atoms with E-state index in [1.165, 1.54) is 0 Å². The summed E-state index contributed by atoms with van der Waals surface area (Å²) in [6.45, 7) is 6.41. The second kappa shape index (κ2) is 4.17. The van der Waals surface area contributed by atoms with Crippen LogP contribution in [0.15, 0.2) is 0 Å². The van der Waals surface area contributed by atoms with E-state index in [1.54, 1.807) is 7.11 Å². The molecule has 1 aliphatic rings. The smallest absolute Gasteiger partial charge is 0.0854 e. The van der Waals surface area contributed by atoms with Crippen molar-refractivity contribution in [3.05, 3.63) is 0 Å². The molecule has 0 radical (unpaired) electrons. The average molecular weight is 201 g/mol. The van der Waals surface area contributed by atoms with Gasteiger partial charge in [-0.25, -0.2) is 0 Å². The molecule has 4 atom stereocenters. The SMILES string of the molecule is CO[C@]1(C)C[C@H](C)O[C@@H](C)[C@H]1N(C)C. The molecule has 14 heavy (non-hydrogen) atoms. The molecule has 1 fully saturated rings. The standard InChI is InChI=1S/C11H23NO2/c1-8-7-11(3,13-6)10(12(4)5)9(2)14-8/h8-10H,7H2,1-6H3/t8-,9-,10+,11+/m0/s1. The van der Waals surface area contributed by atoms with Crippen molar-refractivity contribution in [1.82, 2.24) is 4.90 Å². The van der Waals surface area contributed by atoms with Crippen molar-refractivity contribution in [3.8, 4) is 0 Å². The number of hydrogen-bond donors (Lipinski definition) is 0. The number of likely N-dealkylation sites (N-methyl/N-ethyl adjacent to an activating group) is 1. The molecule has 1 aliphatic heterocycles. The van der Waals surface area contributed by atoms with E-state index < -0.39 is 0 Å². The maximum absolute atomic E-state index is 5.84. The first kappa shape index (κ1) is 12.0. The summed E-state index contributed by atoms with van der Waals surface area (Å²) in [5, 5.41) is 0. The molecule has 0 aromatic heterocycles. The van der Waals surface area contributed by atoms with Gasteiger partial charge >= 0.3 is 0 Å². The Balaban J connectivity index is 2.86. The maximum Gasteiger partial charge on any atom is 0.0854 e. The summed E-state index contributed by atoms with van der Waals surface area (Å²) < 4.78 is 11.5. The molecule has 1 rings (SSSR count). The molecule has 0 N–H and O–H groups in total. The Morgan fingerprint density at radius 1 is 1.36 bits per heavy atom. The highest BCUT2D eigenvalue weighted by molar-refractivity contribution is 4.98. The van der Waals surface area contributed by atoms with Gasteiger partial charge < -0.3 is 14.4 Å². The van der Waals surface area contributed by atoms with E-state index >= 15 is 0 Å². The van der Waals surface area contributed by atoms with Crippen LogP contribution in [-0.2, 0) is 9.47 Å². The molecule has 84 valence electrons. The summed E-state index contributed by atoms with van der Waals surface area (Å²) in [5.74, 6) is 0. The van der Waals surface area contributed by atoms with Gasteiger partial charge in [0, 0.05) is 13.5 Å². The zero-order chi connectivity index (χ0) is 10.9. The van der Waals surface area contributed by atoms with Crippen LogP contribution in [0.5, 0.6) is 0 Å². The fourth-order valence-corrected chi connectivity index (χ4v) is 2.85. The highest BCUT2D eigenvalue weighted by Crippen LogP contribution is 2.33. The lowest BCUT2D eigenvalue weighted by molar-refractivity contribution is -0.183. The van der Waals surface area contributed by atoms with Gasteiger partial charge in [0.25, 0.3) is 0 Å². The molecule has 3 nitrogen and oxygen atoms in total. The summed E-state index contributed by atoms with van der Waals surface area (Å²) in [4.78, 5) is 2.19. The molecular formula is C11H23NO2. The number of ether oxygens (including phenoxy) is 2. The number of rotatable bonds is 2. The predicted octanol–water partition coefficient (Wildman–Crippen LogP) is 1.52. The van der Waals surface area contributed by atoms with E-state index in [9.17, 15) is 0 Å². The summed E-state index contributed by atoms with van der Waals surface area (Å²) in [6, 6.07) is 0.323. The minimum atomic E-state index is -0.0966. The van der Waals surface area contributed by atoms with Crippen LogP contribution in [0.3, 0.4) is 0 Å². The summed E-state index contributed by atoms with van der Waals surface area (Å²) in [6.07, 6.45) is 1.46. The number of nitrogens with zero attached hydrogens (tertiary/aromatic N) is 1. The average Bonchev–Trinajstić information content (AvgIpc) is 2.01. The summed E-state index contributed by atoms with van der Waals surface area (Å²) in [5.41, 5.74) is -0.0966. The lowest BCUT2D eigenvalue weighted by Crippen LogP contribution is -2.60. The van der Waals surface area contributed by atoms with Crippen molar-refractivity contribution < 1.29 is 9.47 Å². The van der Waals surface area contributed by atoms with E-state index in [4.69, 9.17) is 9.47 Å². The van der Waals surface area contributed by atoms with Crippen molar-refractivity contribution in [2.24, 2.45) is 0 Å². The largest absolute Gasteiger partial charge is 0.377 e. The fraction of sp³-hybridized carbons (Fsp3) is 1.00. The Bertz CT molecular complexity index is 196. The zero-order valence-corrected chi connectivity index (χ0v) is 10.2. The van der Waals surface area contributed by atoms with Crippen molar-refractivity contribution in [2.45, 2.75) is 51.0 Å². The second-order valence-electron chi connectivity index (χ2n) is 4.78. The topological polar surface area (TPSA) is 21.7 Å². The van der Waals surface area contributed by atoms with Crippen LogP contribution in [0.1, 0.15) is 27.2 Å². The van der Waals surface area contributed by atoms with Gasteiger partial charge in [0.1, 0.15) is 0 Å². The van der Waals surface area contributed by atoms with Gasteiger partial charge in [0.05, 0.1) is 23.9 Å². The molecule has 0 aromatic rings. The number of hydrogen-bond acceptors (Lipinski definition) is 3. The van der Waals surface area contributed by atoms with Crippen LogP contribution in [0.4, 0.5) is 0 Å². The first-order chi connectivity index (χ1) is 6.40. The second-order valence-corrected chi connectivity index (χ2v) is 4.78. The first-order valence-corrected chi connectivity index (χ1v) is 5.27. The van der Waals surface area contributed by atoms with Crippen LogP contribution >= 0.6 is 0 Å². The predicted molar refractivity (Wildman–Crippen MR) is 57.5 cm³/mol. The Morgan fingerprint density at radius 2 is 1.93 bits per heavy atom. The van der Waals surface area contributed by atoms with Gasteiger partial charge in [0.2, 0.25) is 0 Å². The van der Waals surface area contributed by atoms with E-state index in [0.29, 0.717) is 6.04 Å². The lowest BCUT2D eigenvalue weighted by Gasteiger charge is -2.49. The molecule has 0 amide bonds. The fourth-order valence-electron chi connectivity index (χ4n) is 2.85. The molecule has 0 aliphatic carbocycles. The monoisotopic (exact) mass is 201 g/mol. The third-order valence-corrected chi connectivity index (χ3v) is 3.23. The molecule has 1 heterocycles. The zero-order valence-electron chi connectivity index (χ0n) is 10.2. The van der Waals surface area contributed by atoms with Crippen molar-refractivity contribution >= 4 is 0 Å². The van der Waals surface area contributed by atoms with E-state index in [2.05, 4.69) is 39.8 Å². The quantitative estimate of drug-likeness (QED) is 0.676. The molecule has 0 saturated carbocycles. The van der Waals surface area contributed by atoms with Gasteiger partial charge in [-0.2, -0.15) is 0 Å². The minimum Gasteiger partial charge on any atom is -0.377 e. The lowest BCUT2D eigenvalue weighted by atomic mass is 9.83. The van der Waals surface area contributed by atoms with E-state index in [0.717, 1.165) is 6.42 Å². The molecule has 0 spiro atoms. The molecule has 0 unspecified atom stereocenters.